The molecule has 25 heavy (non-hydrogen) atoms. The second-order valence-corrected chi connectivity index (χ2v) is 6.64. The van der Waals surface area contributed by atoms with E-state index in [0.29, 0.717) is 11.5 Å². The third-order valence-electron chi connectivity index (χ3n) is 3.82. The number of aromatic nitrogens is 1. The summed E-state index contributed by atoms with van der Waals surface area (Å²) in [5, 5.41) is 6.32. The van der Waals surface area contributed by atoms with E-state index >= 15 is 0 Å². The number of anilines is 1. The first-order valence-corrected chi connectivity index (χ1v) is 8.82. The minimum absolute atomic E-state index is 0.180. The second-order valence-electron chi connectivity index (χ2n) is 5.61. The van der Waals surface area contributed by atoms with Gasteiger partial charge in [-0.25, -0.2) is 0 Å². The molecule has 0 atom stereocenters. The normalized spacial score (nSPS) is 10.7. The van der Waals surface area contributed by atoms with Crippen LogP contribution in [0.25, 0.3) is 10.9 Å². The fourth-order valence-corrected chi connectivity index (χ4v) is 3.30. The SMILES string of the molecule is O=c1cc(Oc2cccc(NCc3cccs3)c2)c2ccccc2[nH]1. The van der Waals surface area contributed by atoms with Crippen molar-refractivity contribution in [2.45, 2.75) is 6.54 Å². The van der Waals surface area contributed by atoms with Crippen molar-refractivity contribution in [1.29, 1.82) is 0 Å². The lowest BCUT2D eigenvalue weighted by Gasteiger charge is -2.11. The number of hydrogen-bond donors (Lipinski definition) is 2. The predicted molar refractivity (Wildman–Crippen MR) is 103 cm³/mol. The Morgan fingerprint density at radius 1 is 1.00 bits per heavy atom. The van der Waals surface area contributed by atoms with Crippen molar-refractivity contribution in [3.63, 3.8) is 0 Å². The lowest BCUT2D eigenvalue weighted by atomic mass is 10.2. The van der Waals surface area contributed by atoms with Crippen LogP contribution in [0.5, 0.6) is 11.5 Å². The Labute approximate surface area is 148 Å². The number of benzene rings is 2. The second kappa shape index (κ2) is 6.83. The van der Waals surface area contributed by atoms with E-state index in [-0.39, 0.29) is 5.56 Å². The molecule has 4 aromatic rings. The molecular formula is C20H16N2O2S. The fourth-order valence-electron chi connectivity index (χ4n) is 2.66. The first kappa shape index (κ1) is 15.5. The molecule has 0 radical (unpaired) electrons. The fraction of sp³-hybridized carbons (Fsp3) is 0.0500. The Hall–Kier alpha value is -3.05. The van der Waals surface area contributed by atoms with Crippen LogP contribution in [0.15, 0.2) is 76.9 Å². The molecule has 0 saturated heterocycles. The summed E-state index contributed by atoms with van der Waals surface area (Å²) in [7, 11) is 0. The van der Waals surface area contributed by atoms with Gasteiger partial charge >= 0.3 is 0 Å². The summed E-state index contributed by atoms with van der Waals surface area (Å²) in [6, 6.07) is 21.0. The number of aromatic amines is 1. The van der Waals surface area contributed by atoms with Crippen molar-refractivity contribution < 1.29 is 4.74 Å². The van der Waals surface area contributed by atoms with Gasteiger partial charge in [0.15, 0.2) is 0 Å². The summed E-state index contributed by atoms with van der Waals surface area (Å²) in [5.74, 6) is 1.24. The molecule has 0 fully saturated rings. The molecule has 0 unspecified atom stereocenters. The van der Waals surface area contributed by atoms with Crippen molar-refractivity contribution in [3.8, 4) is 11.5 Å². The minimum atomic E-state index is -0.180. The average Bonchev–Trinajstić information content (AvgIpc) is 3.14. The molecule has 0 aliphatic heterocycles. The molecule has 0 aliphatic carbocycles. The number of H-pyrrole nitrogens is 1. The van der Waals surface area contributed by atoms with Gasteiger partial charge < -0.3 is 15.0 Å². The maximum absolute atomic E-state index is 11.8. The number of ether oxygens (including phenoxy) is 1. The van der Waals surface area contributed by atoms with Crippen LogP contribution in [-0.4, -0.2) is 4.98 Å². The molecule has 2 N–H and O–H groups in total. The van der Waals surface area contributed by atoms with Crippen LogP contribution in [0.2, 0.25) is 0 Å². The van der Waals surface area contributed by atoms with Crippen LogP contribution in [0, 0.1) is 0 Å². The van der Waals surface area contributed by atoms with Crippen LogP contribution < -0.4 is 15.6 Å². The molecular weight excluding hydrogens is 332 g/mol. The van der Waals surface area contributed by atoms with Gasteiger partial charge in [-0.05, 0) is 35.7 Å². The summed E-state index contributed by atoms with van der Waals surface area (Å²) in [5.41, 5.74) is 1.55. The Morgan fingerprint density at radius 2 is 1.92 bits per heavy atom. The summed E-state index contributed by atoms with van der Waals surface area (Å²) < 4.78 is 5.99. The van der Waals surface area contributed by atoms with Gasteiger partial charge in [-0.2, -0.15) is 0 Å². The molecule has 5 heteroatoms. The van der Waals surface area contributed by atoms with Crippen LogP contribution in [-0.2, 0) is 6.54 Å². The van der Waals surface area contributed by atoms with Gasteiger partial charge in [-0.3, -0.25) is 4.79 Å². The number of rotatable bonds is 5. The highest BCUT2D eigenvalue weighted by atomic mass is 32.1. The van der Waals surface area contributed by atoms with E-state index in [2.05, 4.69) is 21.7 Å². The third-order valence-corrected chi connectivity index (χ3v) is 4.70. The van der Waals surface area contributed by atoms with Crippen LogP contribution in [0.1, 0.15) is 4.88 Å². The Bertz CT molecular complexity index is 1050. The largest absolute Gasteiger partial charge is 0.456 e. The first-order valence-electron chi connectivity index (χ1n) is 7.94. The van der Waals surface area contributed by atoms with Crippen LogP contribution >= 0.6 is 11.3 Å². The highest BCUT2D eigenvalue weighted by Gasteiger charge is 2.06. The van der Waals surface area contributed by atoms with Gasteiger partial charge in [0, 0.05) is 34.6 Å². The summed E-state index contributed by atoms with van der Waals surface area (Å²) >= 11 is 1.72. The summed E-state index contributed by atoms with van der Waals surface area (Å²) in [6.45, 7) is 0.773. The van der Waals surface area contributed by atoms with Gasteiger partial charge in [0.25, 0.3) is 5.56 Å². The predicted octanol–water partition coefficient (Wildman–Crippen LogP) is 4.99. The lowest BCUT2D eigenvalue weighted by molar-refractivity contribution is 0.487. The molecule has 2 aromatic carbocycles. The molecule has 2 aromatic heterocycles. The van der Waals surface area contributed by atoms with Crippen molar-refractivity contribution >= 4 is 27.9 Å². The monoisotopic (exact) mass is 348 g/mol. The molecule has 0 bridgehead atoms. The van der Waals surface area contributed by atoms with Crippen LogP contribution in [0.3, 0.4) is 0 Å². The van der Waals surface area contributed by atoms with Crippen molar-refractivity contribution in [3.05, 3.63) is 87.3 Å². The standard InChI is InChI=1S/C20H16N2O2S/c23-20-12-19(17-8-1-2-9-18(17)22-20)24-15-6-3-5-14(11-15)21-13-16-7-4-10-25-16/h1-12,21H,13H2,(H,22,23). The Kier molecular flexibility index (Phi) is 4.23. The zero-order valence-electron chi connectivity index (χ0n) is 13.4. The molecule has 4 nitrogen and oxygen atoms in total. The molecule has 0 amide bonds. The molecule has 124 valence electrons. The van der Waals surface area contributed by atoms with Crippen molar-refractivity contribution in [1.82, 2.24) is 4.98 Å². The molecule has 4 rings (SSSR count). The summed E-state index contributed by atoms with van der Waals surface area (Å²) in [6.07, 6.45) is 0. The van der Waals surface area contributed by atoms with E-state index in [0.717, 1.165) is 23.1 Å². The highest BCUT2D eigenvalue weighted by Crippen LogP contribution is 2.29. The minimum Gasteiger partial charge on any atom is -0.456 e. The highest BCUT2D eigenvalue weighted by molar-refractivity contribution is 7.09. The smallest absolute Gasteiger partial charge is 0.252 e. The molecule has 0 spiro atoms. The van der Waals surface area contributed by atoms with Crippen molar-refractivity contribution in [2.75, 3.05) is 5.32 Å². The molecule has 2 heterocycles. The Morgan fingerprint density at radius 3 is 2.80 bits per heavy atom. The topological polar surface area (TPSA) is 54.1 Å². The van der Waals surface area contributed by atoms with Gasteiger partial charge in [-0.15, -0.1) is 11.3 Å². The van der Waals surface area contributed by atoms with Crippen LogP contribution in [0.4, 0.5) is 5.69 Å². The zero-order chi connectivity index (χ0) is 17.1. The number of fused-ring (bicyclic) bond motifs is 1. The van der Waals surface area contributed by atoms with E-state index in [1.807, 2.05) is 54.6 Å². The maximum Gasteiger partial charge on any atom is 0.252 e. The number of thiophene rings is 1. The van der Waals surface area contributed by atoms with E-state index in [4.69, 9.17) is 4.74 Å². The average molecular weight is 348 g/mol. The third kappa shape index (κ3) is 3.56. The maximum atomic E-state index is 11.8. The van der Waals surface area contributed by atoms with Crippen molar-refractivity contribution in [2.24, 2.45) is 0 Å². The zero-order valence-corrected chi connectivity index (χ0v) is 14.2. The number of hydrogen-bond acceptors (Lipinski definition) is 4. The van der Waals surface area contributed by atoms with Gasteiger partial charge in [0.05, 0.1) is 5.52 Å². The van der Waals surface area contributed by atoms with E-state index in [1.54, 1.807) is 11.3 Å². The first-order chi connectivity index (χ1) is 12.3. The van der Waals surface area contributed by atoms with Gasteiger partial charge in [0.2, 0.25) is 0 Å². The summed E-state index contributed by atoms with van der Waals surface area (Å²) in [4.78, 5) is 15.9. The molecule has 0 aliphatic rings. The lowest BCUT2D eigenvalue weighted by Crippen LogP contribution is -2.04. The van der Waals surface area contributed by atoms with E-state index in [9.17, 15) is 4.79 Å². The molecule has 0 saturated carbocycles. The number of pyridine rings is 1. The van der Waals surface area contributed by atoms with Gasteiger partial charge in [0.1, 0.15) is 11.5 Å². The van der Waals surface area contributed by atoms with E-state index < -0.39 is 0 Å². The van der Waals surface area contributed by atoms with E-state index in [1.165, 1.54) is 10.9 Å². The number of nitrogens with one attached hydrogen (secondary N) is 2. The number of para-hydroxylation sites is 1. The quantitative estimate of drug-likeness (QED) is 0.534. The Balaban J connectivity index is 1.59. The van der Waals surface area contributed by atoms with Gasteiger partial charge in [-0.1, -0.05) is 24.3 Å².